The molecule has 1 aromatic heterocycles. The highest BCUT2D eigenvalue weighted by Gasteiger charge is 2.06. The zero-order valence-electron chi connectivity index (χ0n) is 10.7. The molecule has 0 aliphatic heterocycles. The van der Waals surface area contributed by atoms with Crippen LogP contribution in [0.15, 0.2) is 24.3 Å². The number of nitrogens with one attached hydrogen (secondary N) is 2. The third-order valence-electron chi connectivity index (χ3n) is 2.54. The van der Waals surface area contributed by atoms with Crippen LogP contribution < -0.4 is 10.6 Å². The van der Waals surface area contributed by atoms with Crippen molar-refractivity contribution in [2.75, 3.05) is 17.7 Å². The maximum atomic E-state index is 6.11. The van der Waals surface area contributed by atoms with Crippen molar-refractivity contribution in [1.29, 1.82) is 0 Å². The first-order valence-corrected chi connectivity index (χ1v) is 6.65. The van der Waals surface area contributed by atoms with Crippen molar-refractivity contribution in [3.63, 3.8) is 0 Å². The van der Waals surface area contributed by atoms with E-state index in [2.05, 4.69) is 20.6 Å². The predicted molar refractivity (Wildman–Crippen MR) is 80.7 cm³/mol. The van der Waals surface area contributed by atoms with Gasteiger partial charge in [0.15, 0.2) is 0 Å². The molecule has 0 saturated carbocycles. The van der Waals surface area contributed by atoms with E-state index in [9.17, 15) is 0 Å². The minimum atomic E-state index is 0.590. The summed E-state index contributed by atoms with van der Waals surface area (Å²) in [6.45, 7) is 2.00. The first-order valence-electron chi connectivity index (χ1n) is 5.90. The van der Waals surface area contributed by atoms with E-state index in [4.69, 9.17) is 23.2 Å². The highest BCUT2D eigenvalue weighted by molar-refractivity contribution is 6.35. The van der Waals surface area contributed by atoms with Gasteiger partial charge in [0, 0.05) is 24.6 Å². The van der Waals surface area contributed by atoms with Crippen LogP contribution in [0, 0.1) is 0 Å². The average molecular weight is 297 g/mol. The number of hydrogen-bond acceptors (Lipinski definition) is 4. The van der Waals surface area contributed by atoms with Crippen molar-refractivity contribution >= 4 is 40.5 Å². The Balaban J connectivity index is 2.34. The van der Waals surface area contributed by atoms with Gasteiger partial charge in [-0.15, -0.1) is 0 Å². The predicted octanol–water partition coefficient (Wildman–Crippen LogP) is 4.13. The van der Waals surface area contributed by atoms with Crippen LogP contribution in [-0.2, 0) is 6.42 Å². The number of anilines is 3. The Hall–Kier alpha value is -1.52. The molecule has 4 nitrogen and oxygen atoms in total. The topological polar surface area (TPSA) is 49.8 Å². The minimum Gasteiger partial charge on any atom is -0.373 e. The van der Waals surface area contributed by atoms with Crippen LogP contribution >= 0.6 is 23.2 Å². The van der Waals surface area contributed by atoms with Crippen LogP contribution in [-0.4, -0.2) is 17.0 Å². The molecule has 19 heavy (non-hydrogen) atoms. The van der Waals surface area contributed by atoms with E-state index >= 15 is 0 Å². The van der Waals surface area contributed by atoms with E-state index in [1.165, 1.54) is 0 Å². The lowest BCUT2D eigenvalue weighted by atomic mass is 10.3. The van der Waals surface area contributed by atoms with Gasteiger partial charge >= 0.3 is 0 Å². The smallest absolute Gasteiger partial charge is 0.136 e. The SMILES string of the molecule is CCc1nc(NC)cc(Nc2cc(Cl)ccc2Cl)n1. The second-order valence-electron chi connectivity index (χ2n) is 3.91. The first kappa shape index (κ1) is 13.9. The Morgan fingerprint density at radius 2 is 1.84 bits per heavy atom. The van der Waals surface area contributed by atoms with Crippen molar-refractivity contribution < 1.29 is 0 Å². The highest BCUT2D eigenvalue weighted by atomic mass is 35.5. The van der Waals surface area contributed by atoms with Crippen LogP contribution in [0.25, 0.3) is 0 Å². The fraction of sp³-hybridized carbons (Fsp3) is 0.231. The molecule has 1 heterocycles. The Bertz CT molecular complexity index is 565. The Kier molecular flexibility index (Phi) is 4.45. The monoisotopic (exact) mass is 296 g/mol. The van der Waals surface area contributed by atoms with E-state index in [1.54, 1.807) is 18.2 Å². The molecule has 0 radical (unpaired) electrons. The standard InChI is InChI=1S/C13H14Cl2N4/c1-3-11-18-12(16-2)7-13(19-11)17-10-6-8(14)4-5-9(10)15/h4-7H,3H2,1-2H3,(H2,16,17,18,19). The molecular weight excluding hydrogens is 283 g/mol. The molecule has 0 unspecified atom stereocenters. The quantitative estimate of drug-likeness (QED) is 0.891. The molecule has 0 aliphatic carbocycles. The number of benzene rings is 1. The first-order chi connectivity index (χ1) is 9.12. The van der Waals surface area contributed by atoms with E-state index in [1.807, 2.05) is 20.0 Å². The van der Waals surface area contributed by atoms with Gasteiger partial charge < -0.3 is 10.6 Å². The molecule has 0 bridgehead atoms. The van der Waals surface area contributed by atoms with Crippen molar-refractivity contribution in [3.05, 3.63) is 40.1 Å². The lowest BCUT2D eigenvalue weighted by Crippen LogP contribution is -2.03. The van der Waals surface area contributed by atoms with Crippen molar-refractivity contribution in [2.24, 2.45) is 0 Å². The normalized spacial score (nSPS) is 10.3. The molecule has 0 fully saturated rings. The molecule has 2 aromatic rings. The molecule has 0 saturated heterocycles. The molecule has 2 N–H and O–H groups in total. The van der Waals surface area contributed by atoms with Crippen LogP contribution in [0.2, 0.25) is 10.0 Å². The van der Waals surface area contributed by atoms with Crippen molar-refractivity contribution in [1.82, 2.24) is 9.97 Å². The van der Waals surface area contributed by atoms with E-state index in [0.717, 1.165) is 23.8 Å². The zero-order valence-corrected chi connectivity index (χ0v) is 12.2. The summed E-state index contributed by atoms with van der Waals surface area (Å²) >= 11 is 12.1. The minimum absolute atomic E-state index is 0.590. The Labute approximate surface area is 122 Å². The van der Waals surface area contributed by atoms with Crippen molar-refractivity contribution in [3.8, 4) is 0 Å². The Morgan fingerprint density at radius 3 is 2.53 bits per heavy atom. The molecule has 1 aromatic carbocycles. The largest absolute Gasteiger partial charge is 0.373 e. The van der Waals surface area contributed by atoms with Crippen LogP contribution in [0.4, 0.5) is 17.3 Å². The molecule has 2 rings (SSSR count). The Morgan fingerprint density at radius 1 is 1.11 bits per heavy atom. The van der Waals surface area contributed by atoms with Gasteiger partial charge in [0.05, 0.1) is 10.7 Å². The molecule has 0 amide bonds. The number of rotatable bonds is 4. The summed E-state index contributed by atoms with van der Waals surface area (Å²) in [5, 5.41) is 7.36. The van der Waals surface area contributed by atoms with Crippen LogP contribution in [0.5, 0.6) is 0 Å². The maximum absolute atomic E-state index is 6.11. The summed E-state index contributed by atoms with van der Waals surface area (Å²) in [6, 6.07) is 7.06. The number of nitrogens with zero attached hydrogens (tertiary/aromatic N) is 2. The van der Waals surface area contributed by atoms with Gasteiger partial charge in [-0.3, -0.25) is 0 Å². The van der Waals surface area contributed by atoms with Gasteiger partial charge in [0.2, 0.25) is 0 Å². The van der Waals surface area contributed by atoms with Gasteiger partial charge in [0.1, 0.15) is 17.5 Å². The maximum Gasteiger partial charge on any atom is 0.136 e. The molecule has 6 heteroatoms. The number of halogens is 2. The van der Waals surface area contributed by atoms with Gasteiger partial charge in [-0.25, -0.2) is 9.97 Å². The summed E-state index contributed by atoms with van der Waals surface area (Å²) in [4.78, 5) is 8.73. The zero-order chi connectivity index (χ0) is 13.8. The van der Waals surface area contributed by atoms with Gasteiger partial charge in [-0.2, -0.15) is 0 Å². The van der Waals surface area contributed by atoms with E-state index in [0.29, 0.717) is 15.9 Å². The van der Waals surface area contributed by atoms with Gasteiger partial charge in [0.25, 0.3) is 0 Å². The number of aryl methyl sites for hydroxylation is 1. The molecular formula is C13H14Cl2N4. The summed E-state index contributed by atoms with van der Waals surface area (Å²) in [5.74, 6) is 2.19. The molecule has 100 valence electrons. The summed E-state index contributed by atoms with van der Waals surface area (Å²) in [6.07, 6.45) is 0.757. The number of aromatic nitrogens is 2. The van der Waals surface area contributed by atoms with Crippen LogP contribution in [0.1, 0.15) is 12.7 Å². The van der Waals surface area contributed by atoms with E-state index in [-0.39, 0.29) is 0 Å². The van der Waals surface area contributed by atoms with Gasteiger partial charge in [-0.05, 0) is 18.2 Å². The lowest BCUT2D eigenvalue weighted by molar-refractivity contribution is 0.945. The average Bonchev–Trinajstić information content (AvgIpc) is 2.42. The second-order valence-corrected chi connectivity index (χ2v) is 4.75. The molecule has 0 spiro atoms. The summed E-state index contributed by atoms with van der Waals surface area (Å²) in [7, 11) is 1.82. The number of hydrogen-bond donors (Lipinski definition) is 2. The lowest BCUT2D eigenvalue weighted by Gasteiger charge is -2.10. The third-order valence-corrected chi connectivity index (χ3v) is 3.10. The van der Waals surface area contributed by atoms with E-state index < -0.39 is 0 Å². The third kappa shape index (κ3) is 3.49. The summed E-state index contributed by atoms with van der Waals surface area (Å²) < 4.78 is 0. The summed E-state index contributed by atoms with van der Waals surface area (Å²) in [5.41, 5.74) is 0.719. The molecule has 0 atom stereocenters. The van der Waals surface area contributed by atoms with Crippen molar-refractivity contribution in [2.45, 2.75) is 13.3 Å². The fourth-order valence-corrected chi connectivity index (χ4v) is 1.92. The molecule has 0 aliphatic rings. The highest BCUT2D eigenvalue weighted by Crippen LogP contribution is 2.28. The fourth-order valence-electron chi connectivity index (χ4n) is 1.58. The van der Waals surface area contributed by atoms with Gasteiger partial charge in [-0.1, -0.05) is 30.1 Å². The van der Waals surface area contributed by atoms with Crippen LogP contribution in [0.3, 0.4) is 0 Å². The second kappa shape index (κ2) is 6.08.